The first-order valence-electron chi connectivity index (χ1n) is 6.64. The lowest BCUT2D eigenvalue weighted by molar-refractivity contribution is 0.432. The Morgan fingerprint density at radius 1 is 1.00 bits per heavy atom. The zero-order chi connectivity index (χ0) is 12.5. The molecule has 2 unspecified atom stereocenters. The van der Waals surface area contributed by atoms with E-state index in [4.69, 9.17) is 0 Å². The number of benzene rings is 2. The van der Waals surface area contributed by atoms with Crippen LogP contribution in [0.25, 0.3) is 0 Å². The summed E-state index contributed by atoms with van der Waals surface area (Å²) in [4.78, 5) is 0. The summed E-state index contributed by atoms with van der Waals surface area (Å²) in [5, 5.41) is 3.67. The van der Waals surface area contributed by atoms with Crippen LogP contribution in [-0.4, -0.2) is 0 Å². The van der Waals surface area contributed by atoms with E-state index in [0.29, 0.717) is 12.0 Å². The standard InChI is InChI=1S/C17H19N/c1-12-7-6-10-15-11-18-17(13(2)16(12)15)14-8-4-3-5-9-14/h3-10,13,17-18H,11H2,1-2H3. The van der Waals surface area contributed by atoms with Gasteiger partial charge in [-0.2, -0.15) is 0 Å². The Hall–Kier alpha value is -1.60. The molecule has 0 bridgehead atoms. The number of aryl methyl sites for hydroxylation is 1. The van der Waals surface area contributed by atoms with Crippen LogP contribution in [0.4, 0.5) is 0 Å². The molecule has 0 radical (unpaired) electrons. The molecule has 1 nitrogen and oxygen atoms in total. The lowest BCUT2D eigenvalue weighted by atomic mass is 9.81. The van der Waals surface area contributed by atoms with Crippen molar-refractivity contribution >= 4 is 0 Å². The third-order valence-electron chi connectivity index (χ3n) is 4.04. The van der Waals surface area contributed by atoms with E-state index in [1.165, 1.54) is 22.3 Å². The van der Waals surface area contributed by atoms with Crippen LogP contribution in [0, 0.1) is 6.92 Å². The molecule has 1 heterocycles. The summed E-state index contributed by atoms with van der Waals surface area (Å²) in [5.74, 6) is 0.525. The molecule has 1 aliphatic heterocycles. The Kier molecular flexibility index (Phi) is 2.92. The van der Waals surface area contributed by atoms with Gasteiger partial charge in [0.05, 0.1) is 0 Å². The molecule has 2 aromatic carbocycles. The molecule has 1 aliphatic rings. The molecule has 1 N–H and O–H groups in total. The van der Waals surface area contributed by atoms with Crippen molar-refractivity contribution in [3.05, 3.63) is 70.8 Å². The molecule has 3 rings (SSSR count). The van der Waals surface area contributed by atoms with Gasteiger partial charge < -0.3 is 5.32 Å². The summed E-state index contributed by atoms with van der Waals surface area (Å²) in [6.45, 7) is 5.53. The second-order valence-electron chi connectivity index (χ2n) is 5.21. The van der Waals surface area contributed by atoms with Gasteiger partial charge in [-0.25, -0.2) is 0 Å². The summed E-state index contributed by atoms with van der Waals surface area (Å²) in [5.41, 5.74) is 5.79. The average Bonchev–Trinajstić information content (AvgIpc) is 2.40. The molecule has 0 saturated carbocycles. The lowest BCUT2D eigenvalue weighted by Crippen LogP contribution is -2.31. The van der Waals surface area contributed by atoms with E-state index in [9.17, 15) is 0 Å². The maximum atomic E-state index is 3.67. The first-order valence-corrected chi connectivity index (χ1v) is 6.64. The van der Waals surface area contributed by atoms with Gasteiger partial charge in [0.1, 0.15) is 0 Å². The number of hydrogen-bond acceptors (Lipinski definition) is 1. The molecule has 1 heteroatoms. The van der Waals surface area contributed by atoms with Gasteiger partial charge in [-0.3, -0.25) is 0 Å². The highest BCUT2D eigenvalue weighted by Crippen LogP contribution is 2.37. The quantitative estimate of drug-likeness (QED) is 0.792. The Bertz CT molecular complexity index is 545. The second kappa shape index (κ2) is 4.58. The van der Waals surface area contributed by atoms with Crippen molar-refractivity contribution in [1.29, 1.82) is 0 Å². The SMILES string of the molecule is Cc1cccc2c1C(C)C(c1ccccc1)NC2. The van der Waals surface area contributed by atoms with E-state index in [0.717, 1.165) is 6.54 Å². The van der Waals surface area contributed by atoms with Crippen molar-refractivity contribution in [3.63, 3.8) is 0 Å². The third kappa shape index (κ3) is 1.85. The molecule has 0 amide bonds. The summed E-state index contributed by atoms with van der Waals surface area (Å²) in [6, 6.07) is 17.8. The minimum Gasteiger partial charge on any atom is -0.305 e. The van der Waals surface area contributed by atoms with Crippen molar-refractivity contribution in [3.8, 4) is 0 Å². The van der Waals surface area contributed by atoms with Crippen LogP contribution in [0.5, 0.6) is 0 Å². The fourth-order valence-electron chi connectivity index (χ4n) is 3.18. The molecule has 0 aliphatic carbocycles. The van der Waals surface area contributed by atoms with E-state index in [1.54, 1.807) is 0 Å². The van der Waals surface area contributed by atoms with Gasteiger partial charge in [-0.15, -0.1) is 0 Å². The summed E-state index contributed by atoms with van der Waals surface area (Å²) in [6.07, 6.45) is 0. The van der Waals surface area contributed by atoms with Gasteiger partial charge in [0.25, 0.3) is 0 Å². The van der Waals surface area contributed by atoms with Crippen LogP contribution in [-0.2, 0) is 6.54 Å². The average molecular weight is 237 g/mol. The van der Waals surface area contributed by atoms with Crippen molar-refractivity contribution < 1.29 is 0 Å². The Labute approximate surface area is 109 Å². The highest BCUT2D eigenvalue weighted by atomic mass is 14.9. The number of rotatable bonds is 1. The van der Waals surface area contributed by atoms with Crippen LogP contribution >= 0.6 is 0 Å². The molecular weight excluding hydrogens is 218 g/mol. The fourth-order valence-corrected chi connectivity index (χ4v) is 3.18. The number of nitrogens with one attached hydrogen (secondary N) is 1. The molecule has 92 valence electrons. The molecular formula is C17H19N. The van der Waals surface area contributed by atoms with Gasteiger partial charge in [0.2, 0.25) is 0 Å². The molecule has 2 atom stereocenters. The molecule has 0 aromatic heterocycles. The topological polar surface area (TPSA) is 12.0 Å². The van der Waals surface area contributed by atoms with Crippen LogP contribution in [0.1, 0.15) is 41.1 Å². The normalized spacial score (nSPS) is 22.6. The van der Waals surface area contributed by atoms with E-state index in [1.807, 2.05) is 0 Å². The predicted octanol–water partition coefficient (Wildman–Crippen LogP) is 3.94. The highest BCUT2D eigenvalue weighted by molar-refractivity contribution is 5.41. The minimum absolute atomic E-state index is 0.430. The van der Waals surface area contributed by atoms with E-state index in [-0.39, 0.29) is 0 Å². The third-order valence-corrected chi connectivity index (χ3v) is 4.04. The highest BCUT2D eigenvalue weighted by Gasteiger charge is 2.27. The minimum atomic E-state index is 0.430. The number of hydrogen-bond donors (Lipinski definition) is 1. The second-order valence-corrected chi connectivity index (χ2v) is 5.21. The van der Waals surface area contributed by atoms with E-state index in [2.05, 4.69) is 67.7 Å². The van der Waals surface area contributed by atoms with Crippen LogP contribution in [0.3, 0.4) is 0 Å². The first-order chi connectivity index (χ1) is 8.77. The van der Waals surface area contributed by atoms with Gasteiger partial charge in [-0.1, -0.05) is 55.5 Å². The molecule has 0 fully saturated rings. The van der Waals surface area contributed by atoms with Crippen molar-refractivity contribution in [2.75, 3.05) is 0 Å². The monoisotopic (exact) mass is 237 g/mol. The Morgan fingerprint density at radius 3 is 2.56 bits per heavy atom. The van der Waals surface area contributed by atoms with Crippen molar-refractivity contribution in [2.45, 2.75) is 32.4 Å². The summed E-state index contributed by atoms with van der Waals surface area (Å²) >= 11 is 0. The summed E-state index contributed by atoms with van der Waals surface area (Å²) < 4.78 is 0. The number of fused-ring (bicyclic) bond motifs is 1. The lowest BCUT2D eigenvalue weighted by Gasteiger charge is -2.34. The molecule has 18 heavy (non-hydrogen) atoms. The van der Waals surface area contributed by atoms with Crippen molar-refractivity contribution in [2.24, 2.45) is 0 Å². The Morgan fingerprint density at radius 2 is 1.78 bits per heavy atom. The molecule has 0 saturated heterocycles. The zero-order valence-corrected chi connectivity index (χ0v) is 11.0. The van der Waals surface area contributed by atoms with Crippen LogP contribution in [0.15, 0.2) is 48.5 Å². The molecule has 0 spiro atoms. The van der Waals surface area contributed by atoms with Crippen molar-refractivity contribution in [1.82, 2.24) is 5.32 Å². The van der Waals surface area contributed by atoms with Gasteiger partial charge >= 0.3 is 0 Å². The van der Waals surface area contributed by atoms with Crippen LogP contribution in [0.2, 0.25) is 0 Å². The predicted molar refractivity (Wildman–Crippen MR) is 75.6 cm³/mol. The molecule has 2 aromatic rings. The van der Waals surface area contributed by atoms with Gasteiger partial charge in [0.15, 0.2) is 0 Å². The van der Waals surface area contributed by atoms with E-state index >= 15 is 0 Å². The van der Waals surface area contributed by atoms with Gasteiger partial charge in [-0.05, 0) is 29.2 Å². The van der Waals surface area contributed by atoms with Crippen LogP contribution < -0.4 is 5.32 Å². The van der Waals surface area contributed by atoms with Gasteiger partial charge in [0, 0.05) is 18.5 Å². The Balaban J connectivity index is 2.02. The maximum Gasteiger partial charge on any atom is 0.0389 e. The smallest absolute Gasteiger partial charge is 0.0389 e. The summed E-state index contributed by atoms with van der Waals surface area (Å²) in [7, 11) is 0. The fraction of sp³-hybridized carbons (Fsp3) is 0.294. The first kappa shape index (κ1) is 11.5. The zero-order valence-electron chi connectivity index (χ0n) is 11.0. The maximum absolute atomic E-state index is 3.67. The largest absolute Gasteiger partial charge is 0.305 e. The van der Waals surface area contributed by atoms with E-state index < -0.39 is 0 Å².